The van der Waals surface area contributed by atoms with Crippen LogP contribution >= 0.6 is 7.82 Å². The molecule has 0 radical (unpaired) electrons. The van der Waals surface area contributed by atoms with Crippen LogP contribution in [0.4, 0.5) is 0 Å². The second-order valence-electron chi connectivity index (χ2n) is 12.1. The molecule has 7 rings (SSSR count). The summed E-state index contributed by atoms with van der Waals surface area (Å²) >= 11 is 0. The Hall–Kier alpha value is -4.73. The number of aromatic nitrogens is 4. The second-order valence-corrected chi connectivity index (χ2v) is 13.5. The summed E-state index contributed by atoms with van der Waals surface area (Å²) in [6, 6.07) is 11.0. The Bertz CT molecular complexity index is 2280. The van der Waals surface area contributed by atoms with Crippen LogP contribution in [0.15, 0.2) is 57.0 Å². The van der Waals surface area contributed by atoms with Crippen LogP contribution in [-0.4, -0.2) is 54.7 Å². The molecule has 0 saturated carbocycles. The Balaban J connectivity index is 1.19. The summed E-state index contributed by atoms with van der Waals surface area (Å²) in [7, 11) is -5.16. The molecule has 1 unspecified atom stereocenters. The standard InChI is InChI=1S/C32H31N4O12P/c1-4-32(48-49(42,43)45-15-25-24(46-17(3)37)11-26(47-25)36-12-16(2)28(38)34-31(36)41)21-10-23-27-19(9-18-7-5-6-8-22(18)33-27)13-35(23)29(39)20(21)14-44-30(32)40/h5-10,12,24-26H,4,11,13-15H2,1-3H3,(H,42,43)(H,34,38,41)/t24-,25+,26+,32-/m0/s1. The zero-order valence-corrected chi connectivity index (χ0v) is 27.4. The fourth-order valence-electron chi connectivity index (χ4n) is 6.61. The van der Waals surface area contributed by atoms with E-state index in [1.54, 1.807) is 6.07 Å². The van der Waals surface area contributed by atoms with Gasteiger partial charge >= 0.3 is 25.5 Å². The zero-order chi connectivity index (χ0) is 34.8. The van der Waals surface area contributed by atoms with Gasteiger partial charge in [-0.1, -0.05) is 25.1 Å². The average Bonchev–Trinajstić information content (AvgIpc) is 3.62. The lowest BCUT2D eigenvalue weighted by atomic mass is 9.86. The number of hydrogen-bond acceptors (Lipinski definition) is 12. The first-order valence-corrected chi connectivity index (χ1v) is 17.0. The molecule has 256 valence electrons. The van der Waals surface area contributed by atoms with Gasteiger partial charge in [-0.25, -0.2) is 19.1 Å². The monoisotopic (exact) mass is 694 g/mol. The number of carbonyl (C=O) groups is 2. The predicted molar refractivity (Wildman–Crippen MR) is 169 cm³/mol. The third-order valence-electron chi connectivity index (χ3n) is 9.01. The number of nitrogens with one attached hydrogen (secondary N) is 1. The summed E-state index contributed by atoms with van der Waals surface area (Å²) in [5, 5.41) is 0.893. The number of esters is 2. The number of rotatable bonds is 8. The number of hydrogen-bond donors (Lipinski definition) is 2. The van der Waals surface area contributed by atoms with Crippen LogP contribution in [0, 0.1) is 6.92 Å². The molecule has 5 atom stereocenters. The van der Waals surface area contributed by atoms with Crippen LogP contribution in [0.5, 0.6) is 0 Å². The number of cyclic esters (lactones) is 1. The van der Waals surface area contributed by atoms with Crippen LogP contribution in [-0.2, 0) is 56.2 Å². The molecule has 0 aliphatic carbocycles. The van der Waals surface area contributed by atoms with E-state index in [4.69, 9.17) is 28.2 Å². The molecule has 0 bridgehead atoms. The first kappa shape index (κ1) is 32.8. The first-order valence-electron chi connectivity index (χ1n) is 15.5. The summed E-state index contributed by atoms with van der Waals surface area (Å²) in [6.07, 6.45) is -2.18. The van der Waals surface area contributed by atoms with Crippen molar-refractivity contribution in [1.29, 1.82) is 0 Å². The highest BCUT2D eigenvalue weighted by Gasteiger charge is 2.53. The molecule has 2 N–H and O–H groups in total. The predicted octanol–water partition coefficient (Wildman–Crippen LogP) is 2.30. The Labute approximate surface area is 276 Å². The highest BCUT2D eigenvalue weighted by Crippen LogP contribution is 2.54. The van der Waals surface area contributed by atoms with Crippen molar-refractivity contribution in [2.24, 2.45) is 0 Å². The van der Waals surface area contributed by atoms with Crippen molar-refractivity contribution in [3.63, 3.8) is 0 Å². The maximum absolute atomic E-state index is 13.8. The van der Waals surface area contributed by atoms with E-state index >= 15 is 0 Å². The summed E-state index contributed by atoms with van der Waals surface area (Å²) in [4.78, 5) is 81.4. The van der Waals surface area contributed by atoms with Gasteiger partial charge in [-0.05, 0) is 31.5 Å². The Kier molecular flexibility index (Phi) is 8.03. The van der Waals surface area contributed by atoms with Crippen LogP contribution < -0.4 is 16.8 Å². The fourth-order valence-corrected chi connectivity index (χ4v) is 7.70. The van der Waals surface area contributed by atoms with Gasteiger partial charge in [0.25, 0.3) is 11.1 Å². The number of para-hydroxylation sites is 1. The number of pyridine rings is 2. The van der Waals surface area contributed by atoms with E-state index in [-0.39, 0.29) is 42.7 Å². The molecule has 1 saturated heterocycles. The number of phosphoric ester groups is 1. The van der Waals surface area contributed by atoms with Crippen molar-refractivity contribution in [2.75, 3.05) is 6.61 Å². The molecule has 6 heterocycles. The number of nitrogens with zero attached hydrogens (tertiary/aromatic N) is 3. The fraction of sp³-hybridized carbons (Fsp3) is 0.375. The highest BCUT2D eigenvalue weighted by molar-refractivity contribution is 7.47. The number of aryl methyl sites for hydroxylation is 1. The molecule has 3 aliphatic heterocycles. The lowest BCUT2D eigenvalue weighted by Crippen LogP contribution is -2.46. The van der Waals surface area contributed by atoms with E-state index in [2.05, 4.69) is 4.98 Å². The molecule has 1 fully saturated rings. The van der Waals surface area contributed by atoms with Crippen molar-refractivity contribution >= 4 is 30.7 Å². The zero-order valence-electron chi connectivity index (χ0n) is 26.5. The minimum atomic E-state index is -5.16. The van der Waals surface area contributed by atoms with Gasteiger partial charge in [0.15, 0.2) is 0 Å². The van der Waals surface area contributed by atoms with Crippen LogP contribution in [0.3, 0.4) is 0 Å². The number of H-pyrrole nitrogens is 1. The van der Waals surface area contributed by atoms with Crippen LogP contribution in [0.1, 0.15) is 55.2 Å². The topological polar surface area (TPSA) is 207 Å². The Morgan fingerprint density at radius 1 is 1.20 bits per heavy atom. The summed E-state index contributed by atoms with van der Waals surface area (Å²) in [5.74, 6) is -1.67. The van der Waals surface area contributed by atoms with Crippen LogP contribution in [0.25, 0.3) is 22.3 Å². The lowest BCUT2D eigenvalue weighted by Gasteiger charge is -2.36. The van der Waals surface area contributed by atoms with E-state index in [1.807, 2.05) is 30.3 Å². The third-order valence-corrected chi connectivity index (χ3v) is 10.0. The number of fused-ring (bicyclic) bond motifs is 5. The summed E-state index contributed by atoms with van der Waals surface area (Å²) < 4.78 is 43.8. The first-order chi connectivity index (χ1) is 23.3. The van der Waals surface area contributed by atoms with Crippen molar-refractivity contribution in [3.8, 4) is 11.4 Å². The van der Waals surface area contributed by atoms with Gasteiger partial charge in [-0.3, -0.25) is 33.0 Å². The molecule has 0 spiro atoms. The highest BCUT2D eigenvalue weighted by atomic mass is 31.2. The molecule has 3 aromatic heterocycles. The maximum atomic E-state index is 13.8. The number of ether oxygens (including phenoxy) is 3. The van der Waals surface area contributed by atoms with Crippen molar-refractivity contribution in [1.82, 2.24) is 19.1 Å². The van der Waals surface area contributed by atoms with Gasteiger partial charge < -0.3 is 23.7 Å². The summed E-state index contributed by atoms with van der Waals surface area (Å²) in [6.45, 7) is 3.39. The normalized spacial score (nSPS) is 23.8. The van der Waals surface area contributed by atoms with E-state index in [0.29, 0.717) is 16.9 Å². The molecule has 17 heteroatoms. The smallest absolute Gasteiger partial charge is 0.460 e. The Morgan fingerprint density at radius 3 is 2.73 bits per heavy atom. The Morgan fingerprint density at radius 2 is 1.98 bits per heavy atom. The molecule has 4 aromatic rings. The van der Waals surface area contributed by atoms with Crippen molar-refractivity contribution in [2.45, 2.75) is 70.8 Å². The van der Waals surface area contributed by atoms with Gasteiger partial charge in [-0.2, -0.15) is 0 Å². The number of carbonyl (C=O) groups excluding carboxylic acids is 2. The van der Waals surface area contributed by atoms with Crippen molar-refractivity contribution in [3.05, 3.63) is 96.0 Å². The van der Waals surface area contributed by atoms with Gasteiger partial charge in [0.2, 0.25) is 5.60 Å². The van der Waals surface area contributed by atoms with Gasteiger partial charge in [0.1, 0.15) is 25.0 Å². The number of phosphoric acid groups is 1. The maximum Gasteiger partial charge on any atom is 0.473 e. The van der Waals surface area contributed by atoms with Gasteiger partial charge in [0.05, 0.1) is 35.6 Å². The molecular formula is C32H31N4O12P. The number of benzene rings is 1. The average molecular weight is 695 g/mol. The largest absolute Gasteiger partial charge is 0.473 e. The second kappa shape index (κ2) is 12.0. The van der Waals surface area contributed by atoms with Crippen LogP contribution in [0.2, 0.25) is 0 Å². The van der Waals surface area contributed by atoms with Gasteiger partial charge in [0, 0.05) is 41.6 Å². The van der Waals surface area contributed by atoms with E-state index in [1.165, 1.54) is 24.6 Å². The van der Waals surface area contributed by atoms with E-state index < -0.39 is 67.2 Å². The molecular weight excluding hydrogens is 663 g/mol. The van der Waals surface area contributed by atoms with Gasteiger partial charge in [-0.15, -0.1) is 0 Å². The molecule has 3 aliphatic rings. The lowest BCUT2D eigenvalue weighted by molar-refractivity contribution is -0.171. The third kappa shape index (κ3) is 5.64. The molecule has 49 heavy (non-hydrogen) atoms. The number of aromatic amines is 1. The molecule has 16 nitrogen and oxygen atoms in total. The van der Waals surface area contributed by atoms with Crippen molar-refractivity contribution < 1.29 is 42.3 Å². The minimum absolute atomic E-state index is 0.0476. The minimum Gasteiger partial charge on any atom is -0.460 e. The summed E-state index contributed by atoms with van der Waals surface area (Å²) in [5.41, 5.74) is -1.20. The van der Waals surface area contributed by atoms with E-state index in [0.717, 1.165) is 22.4 Å². The molecule has 0 amide bonds. The van der Waals surface area contributed by atoms with E-state index in [9.17, 15) is 33.4 Å². The quantitative estimate of drug-likeness (QED) is 0.177. The molecule has 1 aromatic carbocycles. The SMILES string of the molecule is CC[C@@]1(OP(=O)(O)OC[C@H]2O[C@@H](n3cc(C)c(=O)[nH]c3=O)C[C@@H]2OC(C)=O)C(=O)OCc2c1cc1n(c2=O)Cc2cc3ccccc3nc2-1.